The number of nitrogens with zero attached hydrogens (tertiary/aromatic N) is 3. The van der Waals surface area contributed by atoms with Crippen LogP contribution in [0.1, 0.15) is 50.4 Å². The molecule has 1 unspecified atom stereocenters. The molecule has 0 amide bonds. The van der Waals surface area contributed by atoms with Gasteiger partial charge in [-0.25, -0.2) is 4.79 Å². The number of anilines is 1. The van der Waals surface area contributed by atoms with Gasteiger partial charge in [0.25, 0.3) is 5.69 Å². The van der Waals surface area contributed by atoms with Crippen molar-refractivity contribution in [1.82, 2.24) is 9.78 Å². The smallest absolute Gasteiger partial charge is 0.337 e. The number of benzene rings is 1. The summed E-state index contributed by atoms with van der Waals surface area (Å²) >= 11 is 0. The van der Waals surface area contributed by atoms with Crippen LogP contribution in [0.3, 0.4) is 0 Å². The largest absolute Gasteiger partial charge is 0.457 e. The van der Waals surface area contributed by atoms with Gasteiger partial charge in [0.15, 0.2) is 0 Å². The number of nitro benzene ring substituents is 1. The zero-order valence-electron chi connectivity index (χ0n) is 16.9. The minimum Gasteiger partial charge on any atom is -0.457 e. The Kier molecular flexibility index (Phi) is 4.74. The quantitative estimate of drug-likeness (QED) is 0.491. The number of hydrogen-bond acceptors (Lipinski definition) is 6. The highest BCUT2D eigenvalue weighted by atomic mass is 16.6. The number of aromatic nitrogens is 2. The summed E-state index contributed by atoms with van der Waals surface area (Å²) in [4.78, 5) is 24.4. The molecule has 2 heterocycles. The molecular weight excluding hydrogens is 360 g/mol. The summed E-state index contributed by atoms with van der Waals surface area (Å²) < 4.78 is 7.31. The standard InChI is InChI=1S/C20H24N4O4/c1-11-16(19(25)28-20(3,4)5)17(13-9-7-8-10-14(13)24(26)27)15-12(2)22-23(6)18(15)21-11/h7-10,17,21H,1-6H3. The van der Waals surface area contributed by atoms with E-state index in [2.05, 4.69) is 10.4 Å². The Morgan fingerprint density at radius 3 is 2.54 bits per heavy atom. The molecule has 8 heteroatoms. The van der Waals surface area contributed by atoms with Crippen LogP contribution in [0.4, 0.5) is 11.5 Å². The number of carbonyl (C=O) groups excluding carboxylic acids is 1. The van der Waals surface area contributed by atoms with Crippen LogP contribution in [-0.4, -0.2) is 26.3 Å². The maximum absolute atomic E-state index is 13.1. The van der Waals surface area contributed by atoms with Crippen LogP contribution in [0.5, 0.6) is 0 Å². The number of esters is 1. The molecule has 8 nitrogen and oxygen atoms in total. The second-order valence-electron chi connectivity index (χ2n) is 7.89. The SMILES string of the molecule is CC1=C(C(=O)OC(C)(C)C)C(c2ccccc2[N+](=O)[O-])c2c(C)nn(C)c2N1. The molecule has 1 aromatic heterocycles. The van der Waals surface area contributed by atoms with Gasteiger partial charge in [-0.2, -0.15) is 5.10 Å². The van der Waals surface area contributed by atoms with Gasteiger partial charge in [-0.1, -0.05) is 18.2 Å². The van der Waals surface area contributed by atoms with Gasteiger partial charge in [-0.05, 0) is 34.6 Å². The van der Waals surface area contributed by atoms with Crippen LogP contribution >= 0.6 is 0 Å². The molecule has 148 valence electrons. The van der Waals surface area contributed by atoms with E-state index in [-0.39, 0.29) is 5.69 Å². The van der Waals surface area contributed by atoms with Crippen LogP contribution in [-0.2, 0) is 16.6 Å². The lowest BCUT2D eigenvalue weighted by Gasteiger charge is -2.30. The Bertz CT molecular complexity index is 998. The summed E-state index contributed by atoms with van der Waals surface area (Å²) in [6, 6.07) is 6.48. The van der Waals surface area contributed by atoms with Crippen molar-refractivity contribution in [2.75, 3.05) is 5.32 Å². The Morgan fingerprint density at radius 2 is 1.93 bits per heavy atom. The van der Waals surface area contributed by atoms with E-state index in [0.29, 0.717) is 28.3 Å². The molecule has 1 atom stereocenters. The first kappa shape index (κ1) is 19.6. The Morgan fingerprint density at radius 1 is 1.29 bits per heavy atom. The average molecular weight is 384 g/mol. The molecule has 1 aliphatic rings. The van der Waals surface area contributed by atoms with E-state index in [1.54, 1.807) is 57.6 Å². The molecule has 0 radical (unpaired) electrons. The molecule has 1 aliphatic heterocycles. The van der Waals surface area contributed by atoms with Crippen molar-refractivity contribution in [3.8, 4) is 0 Å². The van der Waals surface area contributed by atoms with Crippen molar-refractivity contribution < 1.29 is 14.5 Å². The third kappa shape index (κ3) is 3.37. The summed E-state index contributed by atoms with van der Waals surface area (Å²) in [5, 5.41) is 19.4. The fraction of sp³-hybridized carbons (Fsp3) is 0.400. The molecule has 0 spiro atoms. The summed E-state index contributed by atoms with van der Waals surface area (Å²) in [5.41, 5.74) is 2.08. The van der Waals surface area contributed by atoms with E-state index in [4.69, 9.17) is 4.74 Å². The van der Waals surface area contributed by atoms with Crippen molar-refractivity contribution in [3.63, 3.8) is 0 Å². The predicted octanol–water partition coefficient (Wildman–Crippen LogP) is 3.81. The van der Waals surface area contributed by atoms with Crippen molar-refractivity contribution in [3.05, 3.63) is 62.5 Å². The zero-order chi connectivity index (χ0) is 20.8. The monoisotopic (exact) mass is 384 g/mol. The Balaban J connectivity index is 2.28. The second kappa shape index (κ2) is 6.78. The van der Waals surface area contributed by atoms with Crippen LogP contribution in [0.15, 0.2) is 35.5 Å². The number of carbonyl (C=O) groups is 1. The lowest BCUT2D eigenvalue weighted by molar-refractivity contribution is -0.385. The highest BCUT2D eigenvalue weighted by Crippen LogP contribution is 2.46. The molecule has 0 saturated heterocycles. The first-order valence-electron chi connectivity index (χ1n) is 8.99. The lowest BCUT2D eigenvalue weighted by Crippen LogP contribution is -2.30. The number of hydrogen-bond donors (Lipinski definition) is 1. The molecule has 3 rings (SSSR count). The van der Waals surface area contributed by atoms with E-state index >= 15 is 0 Å². The number of para-hydroxylation sites is 1. The molecule has 1 aromatic carbocycles. The van der Waals surface area contributed by atoms with E-state index in [0.717, 1.165) is 5.56 Å². The molecule has 0 aliphatic carbocycles. The Labute approximate surface area is 163 Å². The molecule has 0 saturated carbocycles. The van der Waals surface area contributed by atoms with Gasteiger partial charge in [0.2, 0.25) is 0 Å². The van der Waals surface area contributed by atoms with Crippen LogP contribution < -0.4 is 5.32 Å². The van der Waals surface area contributed by atoms with Crippen LogP contribution in [0.2, 0.25) is 0 Å². The molecule has 2 aromatic rings. The third-order valence-corrected chi connectivity index (χ3v) is 4.62. The van der Waals surface area contributed by atoms with Gasteiger partial charge in [0.1, 0.15) is 11.4 Å². The minimum absolute atomic E-state index is 0.0440. The second-order valence-corrected chi connectivity index (χ2v) is 7.89. The van der Waals surface area contributed by atoms with Crippen LogP contribution in [0, 0.1) is 17.0 Å². The van der Waals surface area contributed by atoms with E-state index in [1.807, 2.05) is 6.92 Å². The number of rotatable bonds is 3. The third-order valence-electron chi connectivity index (χ3n) is 4.62. The summed E-state index contributed by atoms with van der Waals surface area (Å²) in [6.45, 7) is 8.97. The van der Waals surface area contributed by atoms with Gasteiger partial charge in [0, 0.05) is 29.9 Å². The summed E-state index contributed by atoms with van der Waals surface area (Å²) in [5.74, 6) is -0.443. The van der Waals surface area contributed by atoms with Gasteiger partial charge < -0.3 is 10.1 Å². The van der Waals surface area contributed by atoms with Gasteiger partial charge in [0.05, 0.1) is 22.1 Å². The number of nitrogens with one attached hydrogen (secondary N) is 1. The molecule has 1 N–H and O–H groups in total. The van der Waals surface area contributed by atoms with Gasteiger partial charge in [-0.3, -0.25) is 14.8 Å². The number of aryl methyl sites for hydroxylation is 2. The van der Waals surface area contributed by atoms with Crippen molar-refractivity contribution >= 4 is 17.5 Å². The number of allylic oxidation sites excluding steroid dienone is 1. The van der Waals surface area contributed by atoms with Crippen LogP contribution in [0.25, 0.3) is 0 Å². The molecular formula is C20H24N4O4. The van der Waals surface area contributed by atoms with Gasteiger partial charge >= 0.3 is 5.97 Å². The first-order valence-corrected chi connectivity index (χ1v) is 8.99. The lowest BCUT2D eigenvalue weighted by atomic mass is 9.80. The number of ether oxygens (including phenoxy) is 1. The average Bonchev–Trinajstić information content (AvgIpc) is 2.85. The van der Waals surface area contributed by atoms with Gasteiger partial charge in [-0.15, -0.1) is 0 Å². The summed E-state index contributed by atoms with van der Waals surface area (Å²) in [6.07, 6.45) is 0. The minimum atomic E-state index is -0.693. The van der Waals surface area contributed by atoms with Crippen molar-refractivity contribution in [2.24, 2.45) is 7.05 Å². The maximum atomic E-state index is 13.1. The van der Waals surface area contributed by atoms with Crippen molar-refractivity contribution in [2.45, 2.75) is 46.1 Å². The number of fused-ring (bicyclic) bond motifs is 1. The van der Waals surface area contributed by atoms with Crippen molar-refractivity contribution in [1.29, 1.82) is 0 Å². The Hall–Kier alpha value is -3.16. The fourth-order valence-corrected chi connectivity index (χ4v) is 3.59. The predicted molar refractivity (Wildman–Crippen MR) is 105 cm³/mol. The number of nitro groups is 1. The van der Waals surface area contributed by atoms with E-state index < -0.39 is 22.4 Å². The maximum Gasteiger partial charge on any atom is 0.337 e. The zero-order valence-corrected chi connectivity index (χ0v) is 16.9. The molecule has 28 heavy (non-hydrogen) atoms. The highest BCUT2D eigenvalue weighted by Gasteiger charge is 2.40. The molecule has 0 fully saturated rings. The topological polar surface area (TPSA) is 99.3 Å². The highest BCUT2D eigenvalue weighted by molar-refractivity contribution is 5.95. The molecule has 0 bridgehead atoms. The first-order chi connectivity index (χ1) is 13.0. The summed E-state index contributed by atoms with van der Waals surface area (Å²) in [7, 11) is 1.79. The fourth-order valence-electron chi connectivity index (χ4n) is 3.59. The van der Waals surface area contributed by atoms with E-state index in [9.17, 15) is 14.9 Å². The normalized spacial score (nSPS) is 16.4. The van der Waals surface area contributed by atoms with E-state index in [1.165, 1.54) is 6.07 Å².